The van der Waals surface area contributed by atoms with Crippen molar-refractivity contribution in [2.45, 2.75) is 70.1 Å². The number of anilines is 2. The van der Waals surface area contributed by atoms with Gasteiger partial charge in [0.2, 0.25) is 11.8 Å². The molecular weight excluding hydrogens is 789 g/mol. The molecule has 0 spiro atoms. The Morgan fingerprint density at radius 2 is 1.70 bits per heavy atom. The van der Waals surface area contributed by atoms with Crippen molar-refractivity contribution in [3.63, 3.8) is 0 Å². The maximum Gasteiger partial charge on any atom is 0.433 e. The Morgan fingerprint density at radius 3 is 2.40 bits per heavy atom. The zero-order chi connectivity index (χ0) is 42.5. The summed E-state index contributed by atoms with van der Waals surface area (Å²) in [7, 11) is 1.73. The Hall–Kier alpha value is -6.11. The van der Waals surface area contributed by atoms with Crippen LogP contribution in [0.25, 0.3) is 16.6 Å². The van der Waals surface area contributed by atoms with Gasteiger partial charge in [0, 0.05) is 62.9 Å². The number of pyridine rings is 2. The minimum atomic E-state index is -4.67. The molecule has 5 aromatic rings. The molecule has 3 aliphatic rings. The number of imide groups is 1. The Morgan fingerprint density at radius 1 is 0.967 bits per heavy atom. The second-order valence-corrected chi connectivity index (χ2v) is 15.8. The monoisotopic (exact) mass is 832 g/mol. The fraction of sp³-hybridized carbons (Fsp3) is 0.439. The third kappa shape index (κ3) is 8.35. The number of rotatable bonds is 9. The van der Waals surface area contributed by atoms with Crippen LogP contribution in [0.1, 0.15) is 85.1 Å². The number of aromatic nitrogens is 5. The van der Waals surface area contributed by atoms with Gasteiger partial charge in [-0.25, -0.2) is 19.2 Å². The van der Waals surface area contributed by atoms with Crippen LogP contribution < -0.4 is 20.3 Å². The number of aryl methyl sites for hydroxylation is 1. The van der Waals surface area contributed by atoms with Crippen molar-refractivity contribution in [2.24, 2.45) is 7.05 Å². The van der Waals surface area contributed by atoms with Gasteiger partial charge in [0.1, 0.15) is 28.7 Å². The summed E-state index contributed by atoms with van der Waals surface area (Å²) in [5.41, 5.74) is 1.57. The summed E-state index contributed by atoms with van der Waals surface area (Å²) in [4.78, 5) is 64.6. The van der Waals surface area contributed by atoms with Gasteiger partial charge in [0.25, 0.3) is 5.91 Å². The molecule has 3 saturated heterocycles. The lowest BCUT2D eigenvalue weighted by Gasteiger charge is -2.35. The highest BCUT2D eigenvalue weighted by atomic mass is 19.4. The van der Waals surface area contributed by atoms with Crippen LogP contribution in [0.4, 0.5) is 34.0 Å². The summed E-state index contributed by atoms with van der Waals surface area (Å²) in [6.45, 7) is 6.36. The van der Waals surface area contributed by atoms with Crippen LogP contribution >= 0.6 is 0 Å². The number of nitrogens with one attached hydrogen (secondary N) is 2. The van der Waals surface area contributed by atoms with Crippen molar-refractivity contribution in [1.82, 2.24) is 39.3 Å². The molecule has 0 bridgehead atoms. The van der Waals surface area contributed by atoms with Crippen LogP contribution in [0.3, 0.4) is 0 Å². The van der Waals surface area contributed by atoms with Crippen LogP contribution in [0.5, 0.6) is 5.75 Å². The number of halogens is 4. The number of fused-ring (bicyclic) bond motifs is 2. The molecule has 0 saturated carbocycles. The fourth-order valence-electron chi connectivity index (χ4n) is 8.27. The lowest BCUT2D eigenvalue weighted by Crippen LogP contribution is -2.49. The first-order chi connectivity index (χ1) is 28.6. The second-order valence-electron chi connectivity index (χ2n) is 15.8. The largest absolute Gasteiger partial charge is 0.490 e. The number of alkyl halides is 3. The van der Waals surface area contributed by atoms with E-state index in [4.69, 9.17) is 9.72 Å². The Balaban J connectivity index is 0.868. The van der Waals surface area contributed by atoms with Gasteiger partial charge < -0.3 is 19.4 Å². The average Bonchev–Trinajstić information content (AvgIpc) is 3.76. The third-order valence-corrected chi connectivity index (χ3v) is 11.4. The number of carbonyl (C=O) groups is 4. The van der Waals surface area contributed by atoms with E-state index in [1.165, 1.54) is 23.1 Å². The van der Waals surface area contributed by atoms with Gasteiger partial charge in [-0.3, -0.25) is 34.2 Å². The predicted molar refractivity (Wildman–Crippen MR) is 211 cm³/mol. The molecule has 4 aromatic heterocycles. The molecule has 7 heterocycles. The summed E-state index contributed by atoms with van der Waals surface area (Å²) < 4.78 is 64.6. The van der Waals surface area contributed by atoms with Crippen LogP contribution in [0.2, 0.25) is 0 Å². The van der Waals surface area contributed by atoms with E-state index >= 15 is 4.39 Å². The van der Waals surface area contributed by atoms with Gasteiger partial charge in [-0.1, -0.05) is 6.07 Å². The van der Waals surface area contributed by atoms with Gasteiger partial charge in [-0.15, -0.1) is 0 Å². The Labute approximate surface area is 341 Å². The standard InChI is InChI=1S/C41H44F4N10O5/c1-23(2)60-32-19-35-46-30(21-54(35)20-28(32)39(58)48-34-6-4-5-33(47-34)41(43,44)45)25-7-12-52(13-8-25)22-37(57)53-14-9-24(10-15-53)26-18-31-27(17-29(26)42)38(50-51(31)3)55-16-11-36(56)49-40(55)59/h4-6,17-21,23-25H,7-16,22H2,1-3H3,(H,47,48,58)(H,49,56,59). The summed E-state index contributed by atoms with van der Waals surface area (Å²) >= 11 is 0. The number of hydrogen-bond donors (Lipinski definition) is 2. The van der Waals surface area contributed by atoms with E-state index in [0.29, 0.717) is 67.0 Å². The van der Waals surface area contributed by atoms with Gasteiger partial charge in [0.15, 0.2) is 5.82 Å². The molecule has 316 valence electrons. The van der Waals surface area contributed by atoms with Crippen LogP contribution in [-0.2, 0) is 22.8 Å². The van der Waals surface area contributed by atoms with Gasteiger partial charge >= 0.3 is 12.2 Å². The zero-order valence-electron chi connectivity index (χ0n) is 33.3. The van der Waals surface area contributed by atoms with E-state index in [1.54, 1.807) is 48.3 Å². The van der Waals surface area contributed by atoms with E-state index in [2.05, 4.69) is 25.6 Å². The molecule has 15 nitrogen and oxygen atoms in total. The highest BCUT2D eigenvalue weighted by Crippen LogP contribution is 2.36. The van der Waals surface area contributed by atoms with Crippen LogP contribution in [0.15, 0.2) is 48.8 Å². The van der Waals surface area contributed by atoms with Crippen molar-refractivity contribution < 1.29 is 41.5 Å². The van der Waals surface area contributed by atoms with E-state index in [0.717, 1.165) is 24.6 Å². The van der Waals surface area contributed by atoms with E-state index < -0.39 is 29.6 Å². The minimum absolute atomic E-state index is 0.0222. The normalized spacial score (nSPS) is 17.5. The van der Waals surface area contributed by atoms with Crippen LogP contribution in [0, 0.1) is 5.82 Å². The molecule has 3 fully saturated rings. The highest BCUT2D eigenvalue weighted by Gasteiger charge is 2.34. The number of carbonyl (C=O) groups excluding carboxylic acids is 4. The van der Waals surface area contributed by atoms with Gasteiger partial charge in [-0.05, 0) is 88.4 Å². The molecule has 60 heavy (non-hydrogen) atoms. The SMILES string of the molecule is CC(C)Oc1cc2nc(C3CCN(CC(=O)N4CCC(c5cc6c(cc5F)c(N5CCC(=O)NC5=O)nn6C)CC4)CC3)cn2cc1C(=O)Nc1cccc(C(F)(F)F)n1. The quantitative estimate of drug-likeness (QED) is 0.174. The number of piperidine rings is 2. The Bertz CT molecular complexity index is 2480. The van der Waals surface area contributed by atoms with Crippen molar-refractivity contribution in [1.29, 1.82) is 0 Å². The maximum atomic E-state index is 15.7. The first kappa shape index (κ1) is 40.7. The number of benzene rings is 1. The topological polar surface area (TPSA) is 159 Å². The van der Waals surface area contributed by atoms with E-state index in [-0.39, 0.29) is 66.4 Å². The summed E-state index contributed by atoms with van der Waals surface area (Å²) in [6.07, 6.45) is 1.25. The smallest absolute Gasteiger partial charge is 0.433 e. The summed E-state index contributed by atoms with van der Waals surface area (Å²) in [6, 6.07) is 7.52. The average molecular weight is 833 g/mol. The second kappa shape index (κ2) is 16.2. The van der Waals surface area contributed by atoms with Gasteiger partial charge in [0.05, 0.1) is 29.4 Å². The van der Waals surface area contributed by atoms with E-state index in [1.807, 2.05) is 11.1 Å². The molecular formula is C41H44F4N10O5. The van der Waals surface area contributed by atoms with Crippen molar-refractivity contribution in [3.05, 3.63) is 77.1 Å². The van der Waals surface area contributed by atoms with Crippen molar-refractivity contribution in [2.75, 3.05) is 49.5 Å². The summed E-state index contributed by atoms with van der Waals surface area (Å²) in [5.74, 6) is -1.14. The number of amides is 5. The number of urea groups is 1. The number of imidazole rings is 1. The maximum absolute atomic E-state index is 15.7. The molecule has 3 aliphatic heterocycles. The fourth-order valence-corrected chi connectivity index (χ4v) is 8.27. The lowest BCUT2D eigenvalue weighted by molar-refractivity contribution is -0.141. The van der Waals surface area contributed by atoms with Crippen LogP contribution in [-0.4, -0.2) is 103 Å². The highest BCUT2D eigenvalue weighted by molar-refractivity contribution is 6.09. The first-order valence-electron chi connectivity index (χ1n) is 19.9. The zero-order valence-corrected chi connectivity index (χ0v) is 33.3. The molecule has 5 amide bonds. The van der Waals surface area contributed by atoms with Crippen molar-refractivity contribution in [3.8, 4) is 5.75 Å². The minimum Gasteiger partial charge on any atom is -0.490 e. The number of hydrogen-bond acceptors (Lipinski definition) is 9. The molecule has 0 radical (unpaired) electrons. The lowest BCUT2D eigenvalue weighted by atomic mass is 9.88. The molecule has 1 aromatic carbocycles. The first-order valence-corrected chi connectivity index (χ1v) is 19.9. The van der Waals surface area contributed by atoms with E-state index in [9.17, 15) is 32.3 Å². The molecule has 0 aliphatic carbocycles. The molecule has 8 rings (SSSR count). The molecule has 19 heteroatoms. The number of ether oxygens (including phenoxy) is 1. The summed E-state index contributed by atoms with van der Waals surface area (Å²) in [5, 5.41) is 9.70. The van der Waals surface area contributed by atoms with Gasteiger partial charge in [-0.2, -0.15) is 18.3 Å². The molecule has 2 N–H and O–H groups in total. The van der Waals surface area contributed by atoms with Crippen molar-refractivity contribution >= 4 is 51.9 Å². The number of likely N-dealkylation sites (tertiary alicyclic amines) is 2. The predicted octanol–water partition coefficient (Wildman–Crippen LogP) is 5.85. The number of nitrogens with zero attached hydrogens (tertiary/aromatic N) is 8. The third-order valence-electron chi connectivity index (χ3n) is 11.4. The molecule has 0 atom stereocenters. The Kier molecular flexibility index (Phi) is 10.9. The molecule has 0 unspecified atom stereocenters.